The number of sulfonamides is 1. The summed E-state index contributed by atoms with van der Waals surface area (Å²) >= 11 is 0. The number of oxime groups is 1. The lowest BCUT2D eigenvalue weighted by Crippen LogP contribution is -2.47. The van der Waals surface area contributed by atoms with Gasteiger partial charge in [0.1, 0.15) is 11.4 Å². The average molecular weight is 468 g/mol. The Kier molecular flexibility index (Phi) is 7.59. The van der Waals surface area contributed by atoms with Gasteiger partial charge in [-0.15, -0.1) is 0 Å². The fraction of sp³-hybridized carbons (Fsp3) is 0.450. The number of aliphatic carboxylic acids is 1. The highest BCUT2D eigenvalue weighted by molar-refractivity contribution is 7.89. The predicted molar refractivity (Wildman–Crippen MR) is 114 cm³/mol. The van der Waals surface area contributed by atoms with Gasteiger partial charge < -0.3 is 20.2 Å². The Balaban J connectivity index is 0.000000269. The van der Waals surface area contributed by atoms with Gasteiger partial charge in [0.2, 0.25) is 10.0 Å². The van der Waals surface area contributed by atoms with Gasteiger partial charge >= 0.3 is 5.97 Å². The summed E-state index contributed by atoms with van der Waals surface area (Å²) in [4.78, 5) is 20.1. The molecule has 0 bridgehead atoms. The van der Waals surface area contributed by atoms with Crippen molar-refractivity contribution >= 4 is 21.7 Å². The molecule has 0 aliphatic carbocycles. The summed E-state index contributed by atoms with van der Waals surface area (Å²) in [6, 6.07) is 4.66. The fourth-order valence-electron chi connectivity index (χ4n) is 3.49. The first-order valence-corrected chi connectivity index (χ1v) is 11.6. The first-order valence-electron chi connectivity index (χ1n) is 10.2. The molecule has 1 saturated heterocycles. The van der Waals surface area contributed by atoms with Crippen LogP contribution in [0.4, 0.5) is 4.39 Å². The molecule has 0 saturated carbocycles. The molecule has 3 N–H and O–H groups in total. The summed E-state index contributed by atoms with van der Waals surface area (Å²) in [7, 11) is -3.70. The highest BCUT2D eigenvalue weighted by atomic mass is 32.2. The number of aryl methyl sites for hydroxylation is 1. The van der Waals surface area contributed by atoms with E-state index < -0.39 is 27.4 Å². The van der Waals surface area contributed by atoms with Crippen molar-refractivity contribution < 1.29 is 27.5 Å². The number of aromatic nitrogens is 2. The van der Waals surface area contributed by atoms with E-state index in [-0.39, 0.29) is 30.1 Å². The van der Waals surface area contributed by atoms with Crippen molar-refractivity contribution in [3.63, 3.8) is 0 Å². The number of hydrogen-bond donors (Lipinski definition) is 2. The lowest BCUT2D eigenvalue weighted by molar-refractivity contribution is -0.129. The second kappa shape index (κ2) is 10.2. The van der Waals surface area contributed by atoms with Gasteiger partial charge in [-0.1, -0.05) is 5.16 Å². The Labute approximate surface area is 185 Å². The van der Waals surface area contributed by atoms with Gasteiger partial charge in [0.25, 0.3) is 0 Å². The van der Waals surface area contributed by atoms with Crippen molar-refractivity contribution in [1.29, 1.82) is 0 Å². The predicted octanol–water partition coefficient (Wildman–Crippen LogP) is 1.44. The Morgan fingerprint density at radius 1 is 1.25 bits per heavy atom. The molecule has 32 heavy (non-hydrogen) atoms. The topological polar surface area (TPSA) is 140 Å². The number of imidazole rings is 1. The number of hydrogen-bond acceptors (Lipinski definition) is 7. The standard InChI is InChI=1S/C14H15FN2O5S.C6H11N3/c15-10-1-3-11(4-2-10)23(20,21)17-7-5-14(6-8-17)9-12(13(18)19)16-22-14;7-2-1-4-9-5-3-8-6-9/h1-4H,5-9H2,(H,18,19);3,5-6H,1-2,4,7H2. The third-order valence-corrected chi connectivity index (χ3v) is 7.26. The maximum atomic E-state index is 12.9. The third kappa shape index (κ3) is 5.69. The zero-order chi connectivity index (χ0) is 23.2. The second-order valence-electron chi connectivity index (χ2n) is 7.59. The summed E-state index contributed by atoms with van der Waals surface area (Å²) in [5, 5.41) is 12.5. The monoisotopic (exact) mass is 467 g/mol. The molecule has 0 radical (unpaired) electrons. The lowest BCUT2D eigenvalue weighted by atomic mass is 9.88. The Morgan fingerprint density at radius 3 is 2.47 bits per heavy atom. The first kappa shape index (κ1) is 23.8. The minimum absolute atomic E-state index is 0.0321. The van der Waals surface area contributed by atoms with E-state index >= 15 is 0 Å². The third-order valence-electron chi connectivity index (χ3n) is 5.35. The molecule has 0 unspecified atom stereocenters. The van der Waals surface area contributed by atoms with Crippen molar-refractivity contribution in [1.82, 2.24) is 13.9 Å². The highest BCUT2D eigenvalue weighted by Gasteiger charge is 2.45. The number of carboxylic acids is 1. The van der Waals surface area contributed by atoms with Crippen molar-refractivity contribution in [2.75, 3.05) is 19.6 Å². The van der Waals surface area contributed by atoms with Crippen LogP contribution >= 0.6 is 0 Å². The molecule has 0 atom stereocenters. The molecule has 0 amide bonds. The highest BCUT2D eigenvalue weighted by Crippen LogP contribution is 2.36. The Morgan fingerprint density at radius 2 is 1.94 bits per heavy atom. The number of halogens is 1. The molecular weight excluding hydrogens is 441 g/mol. The molecule has 1 spiro atoms. The van der Waals surface area contributed by atoms with E-state index in [2.05, 4.69) is 10.1 Å². The summed E-state index contributed by atoms with van der Waals surface area (Å²) in [6.07, 6.45) is 7.42. The Hall–Kier alpha value is -2.83. The molecule has 1 fully saturated rings. The van der Waals surface area contributed by atoms with Crippen LogP contribution in [0.2, 0.25) is 0 Å². The molecule has 2 aliphatic heterocycles. The number of nitrogens with zero attached hydrogens (tertiary/aromatic N) is 4. The van der Waals surface area contributed by atoms with Crippen molar-refractivity contribution in [3.05, 3.63) is 48.8 Å². The van der Waals surface area contributed by atoms with Crippen molar-refractivity contribution in [3.8, 4) is 0 Å². The molecule has 2 aliphatic rings. The van der Waals surface area contributed by atoms with Crippen LogP contribution < -0.4 is 5.73 Å². The van der Waals surface area contributed by atoms with E-state index in [1.165, 1.54) is 16.4 Å². The van der Waals surface area contributed by atoms with Gasteiger partial charge in [0.05, 0.1) is 11.2 Å². The minimum atomic E-state index is -3.70. The maximum Gasteiger partial charge on any atom is 0.353 e. The van der Waals surface area contributed by atoms with Gasteiger partial charge in [-0.25, -0.2) is 22.6 Å². The van der Waals surface area contributed by atoms with Gasteiger partial charge in [-0.05, 0) is 37.2 Å². The van der Waals surface area contributed by atoms with E-state index in [1.807, 2.05) is 10.8 Å². The van der Waals surface area contributed by atoms with Crippen molar-refractivity contribution in [2.24, 2.45) is 10.9 Å². The average Bonchev–Trinajstić information content (AvgIpc) is 3.44. The van der Waals surface area contributed by atoms with Crippen LogP contribution in [0.15, 0.2) is 53.0 Å². The second-order valence-corrected chi connectivity index (χ2v) is 9.53. The number of rotatable bonds is 6. The molecule has 1 aromatic heterocycles. The number of benzene rings is 1. The largest absolute Gasteiger partial charge is 0.477 e. The first-order chi connectivity index (χ1) is 15.3. The quantitative estimate of drug-likeness (QED) is 0.655. The maximum absolute atomic E-state index is 12.9. The summed E-state index contributed by atoms with van der Waals surface area (Å²) in [5.41, 5.74) is 4.54. The molecular formula is C20H26FN5O5S. The summed E-state index contributed by atoms with van der Waals surface area (Å²) < 4.78 is 41.3. The van der Waals surface area contributed by atoms with E-state index in [9.17, 15) is 17.6 Å². The minimum Gasteiger partial charge on any atom is -0.477 e. The van der Waals surface area contributed by atoms with E-state index in [4.69, 9.17) is 15.7 Å². The van der Waals surface area contributed by atoms with Crippen molar-refractivity contribution in [2.45, 2.75) is 42.7 Å². The van der Waals surface area contributed by atoms with Gasteiger partial charge in [-0.3, -0.25) is 0 Å². The summed E-state index contributed by atoms with van der Waals surface area (Å²) in [5.74, 6) is -1.62. The van der Waals surface area contributed by atoms with Crippen LogP contribution in [0.5, 0.6) is 0 Å². The van der Waals surface area contributed by atoms with Crippen LogP contribution in [0.1, 0.15) is 25.7 Å². The van der Waals surface area contributed by atoms with E-state index in [1.54, 1.807) is 12.5 Å². The van der Waals surface area contributed by atoms with E-state index in [0.717, 1.165) is 31.6 Å². The normalized spacial score (nSPS) is 17.9. The van der Waals surface area contributed by atoms with Crippen LogP contribution in [0.25, 0.3) is 0 Å². The zero-order valence-corrected chi connectivity index (χ0v) is 18.2. The van der Waals surface area contributed by atoms with E-state index in [0.29, 0.717) is 12.8 Å². The molecule has 3 heterocycles. The smallest absolute Gasteiger partial charge is 0.353 e. The van der Waals surface area contributed by atoms with Gasteiger partial charge in [-0.2, -0.15) is 4.31 Å². The van der Waals surface area contributed by atoms with Gasteiger partial charge in [0, 0.05) is 51.3 Å². The SMILES string of the molecule is NCCCn1ccnc1.O=C(O)C1=NOC2(CCN(S(=O)(=O)c3ccc(F)cc3)CC2)C1. The summed E-state index contributed by atoms with van der Waals surface area (Å²) in [6.45, 7) is 2.12. The molecule has 1 aromatic carbocycles. The molecule has 10 nitrogen and oxygen atoms in total. The van der Waals surface area contributed by atoms with Crippen LogP contribution in [-0.4, -0.2) is 64.3 Å². The molecule has 12 heteroatoms. The van der Waals surface area contributed by atoms with Crippen LogP contribution in [0, 0.1) is 5.82 Å². The van der Waals surface area contributed by atoms with Gasteiger partial charge in [0.15, 0.2) is 5.71 Å². The lowest BCUT2D eigenvalue weighted by Gasteiger charge is -2.36. The fourth-order valence-corrected chi connectivity index (χ4v) is 4.93. The molecule has 2 aromatic rings. The van der Waals surface area contributed by atoms with Crippen LogP contribution in [-0.2, 0) is 26.2 Å². The Bertz CT molecular complexity index is 1030. The van der Waals surface area contributed by atoms with Crippen LogP contribution in [0.3, 0.4) is 0 Å². The zero-order valence-electron chi connectivity index (χ0n) is 17.4. The molecule has 174 valence electrons. The number of piperidine rings is 1. The number of nitrogens with two attached hydrogens (primary N) is 1. The molecule has 4 rings (SSSR count). The number of carboxylic acid groups (broad SMARTS) is 1. The number of carbonyl (C=O) groups is 1.